The molecule has 2 aliphatic heterocycles. The average molecular weight is 526 g/mol. The molecular formula is C32H35N3O4. The lowest BCUT2D eigenvalue weighted by Gasteiger charge is -2.30. The Balaban J connectivity index is 1.60. The van der Waals surface area contributed by atoms with E-state index in [1.54, 1.807) is 24.5 Å². The van der Waals surface area contributed by atoms with Crippen LogP contribution in [0, 0.1) is 0 Å². The van der Waals surface area contributed by atoms with Gasteiger partial charge in [0.2, 0.25) is 0 Å². The molecule has 0 saturated carbocycles. The number of aromatic nitrogens is 1. The number of aliphatic hydroxyl groups is 1. The van der Waals surface area contributed by atoms with Crippen LogP contribution in [-0.2, 0) is 9.59 Å². The van der Waals surface area contributed by atoms with Gasteiger partial charge in [0.15, 0.2) is 0 Å². The molecule has 2 saturated heterocycles. The van der Waals surface area contributed by atoms with E-state index in [4.69, 9.17) is 4.74 Å². The van der Waals surface area contributed by atoms with Gasteiger partial charge in [-0.05, 0) is 91.8 Å². The Bertz CT molecular complexity index is 1380. The van der Waals surface area contributed by atoms with Crippen molar-refractivity contribution >= 4 is 28.8 Å². The smallest absolute Gasteiger partial charge is 0.300 e. The van der Waals surface area contributed by atoms with Crippen molar-refractivity contribution in [1.29, 1.82) is 0 Å². The van der Waals surface area contributed by atoms with Crippen LogP contribution < -0.4 is 14.5 Å². The summed E-state index contributed by atoms with van der Waals surface area (Å²) < 4.78 is 5.78. The van der Waals surface area contributed by atoms with Gasteiger partial charge in [-0.1, -0.05) is 19.9 Å². The molecule has 1 aromatic heterocycles. The molecule has 2 fully saturated rings. The zero-order valence-electron chi connectivity index (χ0n) is 22.8. The van der Waals surface area contributed by atoms with Crippen LogP contribution >= 0.6 is 0 Å². The molecular weight excluding hydrogens is 490 g/mol. The van der Waals surface area contributed by atoms with Gasteiger partial charge < -0.3 is 14.7 Å². The lowest BCUT2D eigenvalue weighted by Crippen LogP contribution is -2.30. The molecule has 0 aliphatic carbocycles. The predicted molar refractivity (Wildman–Crippen MR) is 153 cm³/mol. The number of amides is 1. The SMILES string of the molecule is CCOc1ccc(/C(O)=C2/C(=O)C(=O)N(c3ccc(N4CCCCC4)cc3)C2c2cccnc2)cc1C(C)C. The minimum absolute atomic E-state index is 0.0481. The Morgan fingerprint density at radius 2 is 1.74 bits per heavy atom. The van der Waals surface area contributed by atoms with Gasteiger partial charge in [-0.15, -0.1) is 0 Å². The number of ether oxygens (including phenoxy) is 1. The highest BCUT2D eigenvalue weighted by molar-refractivity contribution is 6.51. The van der Waals surface area contributed by atoms with Gasteiger partial charge in [0.05, 0.1) is 18.2 Å². The number of nitrogens with zero attached hydrogens (tertiary/aromatic N) is 3. The quantitative estimate of drug-likeness (QED) is 0.224. The molecule has 7 nitrogen and oxygen atoms in total. The number of hydrogen-bond acceptors (Lipinski definition) is 6. The number of piperidine rings is 1. The number of carbonyl (C=O) groups is 2. The van der Waals surface area contributed by atoms with Crippen LogP contribution in [0.5, 0.6) is 5.75 Å². The van der Waals surface area contributed by atoms with Crippen LogP contribution in [0.4, 0.5) is 11.4 Å². The van der Waals surface area contributed by atoms with E-state index in [-0.39, 0.29) is 17.3 Å². The van der Waals surface area contributed by atoms with Crippen LogP contribution in [0.15, 0.2) is 72.6 Å². The van der Waals surface area contributed by atoms with Gasteiger partial charge in [0.25, 0.3) is 11.7 Å². The van der Waals surface area contributed by atoms with Gasteiger partial charge in [-0.25, -0.2) is 0 Å². The first-order chi connectivity index (χ1) is 18.9. The Morgan fingerprint density at radius 1 is 1.03 bits per heavy atom. The molecule has 3 aromatic rings. The van der Waals surface area contributed by atoms with E-state index in [0.717, 1.165) is 30.1 Å². The summed E-state index contributed by atoms with van der Waals surface area (Å²) in [4.78, 5) is 35.1. The summed E-state index contributed by atoms with van der Waals surface area (Å²) in [5.41, 5.74) is 3.78. The molecule has 0 spiro atoms. The largest absolute Gasteiger partial charge is 0.507 e. The number of hydrogen-bond donors (Lipinski definition) is 1. The molecule has 39 heavy (non-hydrogen) atoms. The summed E-state index contributed by atoms with van der Waals surface area (Å²) in [5, 5.41) is 11.6. The summed E-state index contributed by atoms with van der Waals surface area (Å²) in [6.45, 7) is 8.56. The van der Waals surface area contributed by atoms with E-state index < -0.39 is 17.7 Å². The second-order valence-electron chi connectivity index (χ2n) is 10.4. The Morgan fingerprint density at radius 3 is 2.38 bits per heavy atom. The molecule has 0 radical (unpaired) electrons. The van der Waals surface area contributed by atoms with Crippen LogP contribution in [0.2, 0.25) is 0 Å². The third-order valence-electron chi connectivity index (χ3n) is 7.50. The van der Waals surface area contributed by atoms with E-state index in [0.29, 0.717) is 23.4 Å². The van der Waals surface area contributed by atoms with E-state index >= 15 is 0 Å². The van der Waals surface area contributed by atoms with Crippen LogP contribution in [-0.4, -0.2) is 41.5 Å². The highest BCUT2D eigenvalue weighted by atomic mass is 16.5. The first-order valence-corrected chi connectivity index (χ1v) is 13.7. The van der Waals surface area contributed by atoms with Crippen molar-refractivity contribution < 1.29 is 19.4 Å². The summed E-state index contributed by atoms with van der Waals surface area (Å²) in [6, 6.07) is 15.9. The van der Waals surface area contributed by atoms with E-state index in [1.165, 1.54) is 24.2 Å². The normalized spacial score (nSPS) is 19.1. The number of aliphatic hydroxyl groups excluding tert-OH is 1. The molecule has 1 unspecified atom stereocenters. The molecule has 202 valence electrons. The van der Waals surface area contributed by atoms with Crippen LogP contribution in [0.25, 0.3) is 5.76 Å². The fourth-order valence-corrected chi connectivity index (χ4v) is 5.52. The third-order valence-corrected chi connectivity index (χ3v) is 7.50. The first kappa shape index (κ1) is 26.5. The van der Waals surface area contributed by atoms with Crippen LogP contribution in [0.1, 0.15) is 68.7 Å². The maximum Gasteiger partial charge on any atom is 0.300 e. The zero-order valence-corrected chi connectivity index (χ0v) is 22.8. The molecule has 7 heteroatoms. The molecule has 0 bridgehead atoms. The molecule has 3 heterocycles. The third kappa shape index (κ3) is 5.13. The maximum absolute atomic E-state index is 13.5. The lowest BCUT2D eigenvalue weighted by molar-refractivity contribution is -0.132. The molecule has 2 aromatic carbocycles. The second kappa shape index (κ2) is 11.3. The number of carbonyl (C=O) groups excluding carboxylic acids is 2. The second-order valence-corrected chi connectivity index (χ2v) is 10.4. The highest BCUT2D eigenvalue weighted by Crippen LogP contribution is 2.43. The van der Waals surface area contributed by atoms with Gasteiger partial charge in [-0.2, -0.15) is 0 Å². The van der Waals surface area contributed by atoms with Gasteiger partial charge in [0, 0.05) is 42.4 Å². The molecule has 1 atom stereocenters. The van der Waals surface area contributed by atoms with Gasteiger partial charge >= 0.3 is 0 Å². The van der Waals surface area contributed by atoms with E-state index in [2.05, 4.69) is 9.88 Å². The minimum Gasteiger partial charge on any atom is -0.507 e. The fraction of sp³-hybridized carbons (Fsp3) is 0.344. The number of ketones is 1. The minimum atomic E-state index is -0.811. The summed E-state index contributed by atoms with van der Waals surface area (Å²) in [6.07, 6.45) is 6.86. The van der Waals surface area contributed by atoms with Crippen molar-refractivity contribution in [3.05, 3.63) is 89.3 Å². The number of pyridine rings is 1. The van der Waals surface area contributed by atoms with Gasteiger partial charge in [-0.3, -0.25) is 19.5 Å². The average Bonchev–Trinajstić information content (AvgIpc) is 3.24. The number of anilines is 2. The van der Waals surface area contributed by atoms with Crippen molar-refractivity contribution in [2.24, 2.45) is 0 Å². The first-order valence-electron chi connectivity index (χ1n) is 13.7. The molecule has 5 rings (SSSR count). The van der Waals surface area contributed by atoms with Crippen molar-refractivity contribution in [2.45, 2.75) is 52.0 Å². The zero-order chi connectivity index (χ0) is 27.5. The predicted octanol–water partition coefficient (Wildman–Crippen LogP) is 6.22. The molecule has 1 amide bonds. The monoisotopic (exact) mass is 525 g/mol. The number of rotatable bonds is 7. The Labute approximate surface area is 229 Å². The van der Waals surface area contributed by atoms with E-state index in [1.807, 2.05) is 63.2 Å². The van der Waals surface area contributed by atoms with Crippen LogP contribution in [0.3, 0.4) is 0 Å². The van der Waals surface area contributed by atoms with Gasteiger partial charge in [0.1, 0.15) is 11.5 Å². The molecule has 1 N–H and O–H groups in total. The highest BCUT2D eigenvalue weighted by Gasteiger charge is 2.47. The summed E-state index contributed by atoms with van der Waals surface area (Å²) in [7, 11) is 0. The number of Topliss-reactive ketones (excluding diaryl/α,β-unsaturated/α-hetero) is 1. The number of benzene rings is 2. The van der Waals surface area contributed by atoms with E-state index in [9.17, 15) is 14.7 Å². The van der Waals surface area contributed by atoms with Crippen molar-refractivity contribution in [1.82, 2.24) is 4.98 Å². The Kier molecular flexibility index (Phi) is 7.68. The fourth-order valence-electron chi connectivity index (χ4n) is 5.52. The summed E-state index contributed by atoms with van der Waals surface area (Å²) in [5.74, 6) is -0.733. The van der Waals surface area contributed by atoms with Crippen molar-refractivity contribution in [3.63, 3.8) is 0 Å². The maximum atomic E-state index is 13.5. The molecule has 2 aliphatic rings. The Hall–Kier alpha value is -4.13. The van der Waals surface area contributed by atoms with Crippen molar-refractivity contribution in [3.8, 4) is 5.75 Å². The standard InChI is InChI=1S/C32H35N3O4/c1-4-39-27-15-10-22(19-26(27)21(2)3)30(36)28-29(23-9-8-16-33-20-23)35(32(38)31(28)37)25-13-11-24(12-14-25)34-17-6-5-7-18-34/h8-16,19-21,29,36H,4-7,17-18H2,1-3H3/b30-28-. The lowest BCUT2D eigenvalue weighted by atomic mass is 9.93. The summed E-state index contributed by atoms with van der Waals surface area (Å²) >= 11 is 0. The van der Waals surface area contributed by atoms with Crippen molar-refractivity contribution in [2.75, 3.05) is 29.5 Å². The topological polar surface area (TPSA) is 83.0 Å².